The maximum absolute atomic E-state index is 5.23. The predicted octanol–water partition coefficient (Wildman–Crippen LogP) is 3.35. The Balaban J connectivity index is 3.28. The van der Waals surface area contributed by atoms with Crippen molar-refractivity contribution in [2.24, 2.45) is 0 Å². The van der Waals surface area contributed by atoms with Crippen molar-refractivity contribution in [2.75, 3.05) is 7.11 Å². The maximum Gasteiger partial charge on any atom is 0.122 e. The van der Waals surface area contributed by atoms with Gasteiger partial charge in [0.15, 0.2) is 0 Å². The van der Waals surface area contributed by atoms with E-state index >= 15 is 0 Å². The molecule has 0 saturated carbocycles. The highest BCUT2D eigenvalue weighted by atomic mass is 16.5. The number of ether oxygens (including phenoxy) is 1. The van der Waals surface area contributed by atoms with Crippen LogP contribution < -0.4 is 4.74 Å². The number of methoxy groups -OCH3 is 1. The molecule has 0 amide bonds. The summed E-state index contributed by atoms with van der Waals surface area (Å²) in [5, 5.41) is 0. The first-order chi connectivity index (χ1) is 6.06. The number of hydrogen-bond donors (Lipinski definition) is 0. The molecule has 1 rings (SSSR count). The zero-order valence-corrected chi connectivity index (χ0v) is 8.77. The molecule has 0 radical (unpaired) electrons. The van der Waals surface area contributed by atoms with Crippen molar-refractivity contribution in [2.45, 2.75) is 20.8 Å². The third-order valence-electron chi connectivity index (χ3n) is 2.20. The van der Waals surface area contributed by atoms with Gasteiger partial charge in [0.1, 0.15) is 5.75 Å². The Morgan fingerprint density at radius 2 is 1.85 bits per heavy atom. The first-order valence-corrected chi connectivity index (χ1v) is 4.37. The second-order valence-electron chi connectivity index (χ2n) is 3.42. The highest BCUT2D eigenvalue weighted by molar-refractivity contribution is 5.66. The second kappa shape index (κ2) is 3.65. The van der Waals surface area contributed by atoms with Gasteiger partial charge in [0.2, 0.25) is 0 Å². The summed E-state index contributed by atoms with van der Waals surface area (Å²) in [6, 6.07) is 4.18. The molecule has 0 aliphatic rings. The summed E-state index contributed by atoms with van der Waals surface area (Å²) >= 11 is 0. The van der Waals surface area contributed by atoms with Gasteiger partial charge in [-0.25, -0.2) is 0 Å². The van der Waals surface area contributed by atoms with Crippen LogP contribution in [0.2, 0.25) is 0 Å². The molecule has 0 atom stereocenters. The standard InChI is InChI=1S/C12H16O/c1-8(2)11-6-10(4)12(13-5)7-9(11)3/h6-7H,1H2,2-5H3. The van der Waals surface area contributed by atoms with E-state index in [9.17, 15) is 0 Å². The van der Waals surface area contributed by atoms with Gasteiger partial charge in [-0.05, 0) is 49.6 Å². The molecule has 0 fully saturated rings. The lowest BCUT2D eigenvalue weighted by Crippen LogP contribution is -1.92. The molecular formula is C12H16O. The number of allylic oxidation sites excluding steroid dienone is 1. The monoisotopic (exact) mass is 176 g/mol. The van der Waals surface area contributed by atoms with Gasteiger partial charge in [-0.1, -0.05) is 12.2 Å². The minimum absolute atomic E-state index is 0.947. The summed E-state index contributed by atoms with van der Waals surface area (Å²) in [5.41, 5.74) is 4.70. The van der Waals surface area contributed by atoms with Gasteiger partial charge < -0.3 is 4.74 Å². The average Bonchev–Trinajstić information content (AvgIpc) is 2.07. The predicted molar refractivity (Wildman–Crippen MR) is 57.2 cm³/mol. The summed E-state index contributed by atoms with van der Waals surface area (Å²) in [7, 11) is 1.70. The first-order valence-electron chi connectivity index (χ1n) is 4.37. The summed E-state index contributed by atoms with van der Waals surface area (Å²) in [6.07, 6.45) is 0. The molecule has 13 heavy (non-hydrogen) atoms. The van der Waals surface area contributed by atoms with Crippen LogP contribution in [0.4, 0.5) is 0 Å². The average molecular weight is 176 g/mol. The fourth-order valence-electron chi connectivity index (χ4n) is 1.47. The molecule has 0 aliphatic heterocycles. The van der Waals surface area contributed by atoms with Gasteiger partial charge >= 0.3 is 0 Å². The molecule has 0 bridgehead atoms. The van der Waals surface area contributed by atoms with Gasteiger partial charge in [0.05, 0.1) is 7.11 Å². The third kappa shape index (κ3) is 1.92. The van der Waals surface area contributed by atoms with E-state index in [4.69, 9.17) is 4.74 Å². The van der Waals surface area contributed by atoms with Crippen molar-refractivity contribution in [3.63, 3.8) is 0 Å². The molecule has 0 heterocycles. The Kier molecular flexibility index (Phi) is 2.76. The Hall–Kier alpha value is -1.24. The van der Waals surface area contributed by atoms with E-state index in [2.05, 4.69) is 25.6 Å². The molecule has 1 aromatic carbocycles. The molecule has 1 aromatic rings. The van der Waals surface area contributed by atoms with Crippen molar-refractivity contribution in [3.8, 4) is 5.75 Å². The molecule has 0 aromatic heterocycles. The Morgan fingerprint density at radius 3 is 2.31 bits per heavy atom. The molecule has 0 spiro atoms. The Morgan fingerprint density at radius 1 is 1.23 bits per heavy atom. The van der Waals surface area contributed by atoms with Crippen molar-refractivity contribution in [1.82, 2.24) is 0 Å². The number of benzene rings is 1. The summed E-state index contributed by atoms with van der Waals surface area (Å²) < 4.78 is 5.23. The quantitative estimate of drug-likeness (QED) is 0.671. The lowest BCUT2D eigenvalue weighted by molar-refractivity contribution is 0.411. The lowest BCUT2D eigenvalue weighted by Gasteiger charge is -2.10. The van der Waals surface area contributed by atoms with Crippen molar-refractivity contribution in [3.05, 3.63) is 35.4 Å². The van der Waals surface area contributed by atoms with E-state index in [0.29, 0.717) is 0 Å². The van der Waals surface area contributed by atoms with Crippen LogP contribution in [0.1, 0.15) is 23.6 Å². The van der Waals surface area contributed by atoms with Gasteiger partial charge in [-0.3, -0.25) is 0 Å². The SMILES string of the molecule is C=C(C)c1cc(C)c(OC)cc1C. The second-order valence-corrected chi connectivity index (χ2v) is 3.42. The van der Waals surface area contributed by atoms with Crippen LogP contribution in [0.15, 0.2) is 18.7 Å². The minimum atomic E-state index is 0.947. The lowest BCUT2D eigenvalue weighted by atomic mass is 10.00. The molecular weight excluding hydrogens is 160 g/mol. The van der Waals surface area contributed by atoms with E-state index in [1.807, 2.05) is 13.8 Å². The van der Waals surface area contributed by atoms with Crippen LogP contribution in [0.25, 0.3) is 5.57 Å². The van der Waals surface area contributed by atoms with E-state index < -0.39 is 0 Å². The van der Waals surface area contributed by atoms with Gasteiger partial charge in [-0.15, -0.1) is 0 Å². The van der Waals surface area contributed by atoms with E-state index in [-0.39, 0.29) is 0 Å². The van der Waals surface area contributed by atoms with Crippen molar-refractivity contribution in [1.29, 1.82) is 0 Å². The van der Waals surface area contributed by atoms with Crippen LogP contribution >= 0.6 is 0 Å². The minimum Gasteiger partial charge on any atom is -0.496 e. The van der Waals surface area contributed by atoms with E-state index in [1.165, 1.54) is 11.1 Å². The fourth-order valence-corrected chi connectivity index (χ4v) is 1.47. The smallest absolute Gasteiger partial charge is 0.122 e. The summed E-state index contributed by atoms with van der Waals surface area (Å²) in [4.78, 5) is 0. The molecule has 0 N–H and O–H groups in total. The molecule has 0 saturated heterocycles. The highest BCUT2D eigenvalue weighted by Gasteiger charge is 2.04. The van der Waals surface area contributed by atoms with Crippen LogP contribution in [0.3, 0.4) is 0 Å². The molecule has 70 valence electrons. The van der Waals surface area contributed by atoms with Crippen LogP contribution in [-0.4, -0.2) is 7.11 Å². The van der Waals surface area contributed by atoms with E-state index in [0.717, 1.165) is 16.9 Å². The highest BCUT2D eigenvalue weighted by Crippen LogP contribution is 2.25. The number of hydrogen-bond acceptors (Lipinski definition) is 1. The van der Waals surface area contributed by atoms with Crippen molar-refractivity contribution < 1.29 is 4.74 Å². The first kappa shape index (κ1) is 9.85. The van der Waals surface area contributed by atoms with Gasteiger partial charge in [0, 0.05) is 0 Å². The summed E-state index contributed by atoms with van der Waals surface area (Å²) in [6.45, 7) is 10.1. The number of rotatable bonds is 2. The zero-order chi connectivity index (χ0) is 10.0. The van der Waals surface area contributed by atoms with Crippen LogP contribution in [-0.2, 0) is 0 Å². The zero-order valence-electron chi connectivity index (χ0n) is 8.77. The normalized spacial score (nSPS) is 9.85. The fraction of sp³-hybridized carbons (Fsp3) is 0.333. The van der Waals surface area contributed by atoms with Gasteiger partial charge in [-0.2, -0.15) is 0 Å². The van der Waals surface area contributed by atoms with Gasteiger partial charge in [0.25, 0.3) is 0 Å². The summed E-state index contributed by atoms with van der Waals surface area (Å²) in [5.74, 6) is 0.947. The topological polar surface area (TPSA) is 9.23 Å². The maximum atomic E-state index is 5.23. The Labute approximate surface area is 80.0 Å². The third-order valence-corrected chi connectivity index (χ3v) is 2.20. The molecule has 0 aliphatic carbocycles. The van der Waals surface area contributed by atoms with Crippen LogP contribution in [0, 0.1) is 13.8 Å². The van der Waals surface area contributed by atoms with E-state index in [1.54, 1.807) is 7.11 Å². The molecule has 1 nitrogen and oxygen atoms in total. The number of aryl methyl sites for hydroxylation is 2. The van der Waals surface area contributed by atoms with Crippen molar-refractivity contribution >= 4 is 5.57 Å². The molecule has 1 heteroatoms. The largest absolute Gasteiger partial charge is 0.496 e. The molecule has 0 unspecified atom stereocenters. The Bertz CT molecular complexity index is 337. The van der Waals surface area contributed by atoms with Crippen LogP contribution in [0.5, 0.6) is 5.75 Å².